The van der Waals surface area contributed by atoms with Crippen LogP contribution in [0.25, 0.3) is 0 Å². The second-order valence-electron chi connectivity index (χ2n) is 4.90. The minimum Gasteiger partial charge on any atom is -0.508 e. The van der Waals surface area contributed by atoms with Gasteiger partial charge in [-0.05, 0) is 43.7 Å². The van der Waals surface area contributed by atoms with Gasteiger partial charge in [-0.1, -0.05) is 6.07 Å². The lowest BCUT2D eigenvalue weighted by Crippen LogP contribution is -2.30. The molecular weight excluding hydrogens is 275 g/mol. The van der Waals surface area contributed by atoms with Crippen LogP contribution in [0.1, 0.15) is 16.5 Å². The maximum absolute atomic E-state index is 13.1. The summed E-state index contributed by atoms with van der Waals surface area (Å²) in [6.07, 6.45) is 0. The molecule has 20 heavy (non-hydrogen) atoms. The lowest BCUT2D eigenvalue weighted by Gasteiger charge is -2.23. The smallest absolute Gasteiger partial charge is 0.123 e. The predicted octanol–water partition coefficient (Wildman–Crippen LogP) is 2.99. The van der Waals surface area contributed by atoms with E-state index in [1.54, 1.807) is 11.3 Å². The first-order chi connectivity index (χ1) is 9.58. The molecule has 0 fully saturated rings. The fraction of sp³-hybridized carbons (Fsp3) is 0.333. The van der Waals surface area contributed by atoms with Crippen molar-refractivity contribution in [3.05, 3.63) is 52.0 Å². The third-order valence-corrected chi connectivity index (χ3v) is 4.16. The van der Waals surface area contributed by atoms with Crippen molar-refractivity contribution in [2.45, 2.75) is 12.6 Å². The molecule has 0 saturated carbocycles. The van der Waals surface area contributed by atoms with E-state index >= 15 is 0 Å². The van der Waals surface area contributed by atoms with Crippen molar-refractivity contribution in [3.63, 3.8) is 0 Å². The second-order valence-corrected chi connectivity index (χ2v) is 5.88. The van der Waals surface area contributed by atoms with Gasteiger partial charge >= 0.3 is 0 Å². The van der Waals surface area contributed by atoms with E-state index in [-0.39, 0.29) is 17.6 Å². The number of halogens is 1. The Morgan fingerprint density at radius 3 is 2.80 bits per heavy atom. The van der Waals surface area contributed by atoms with Crippen LogP contribution in [-0.4, -0.2) is 30.6 Å². The molecule has 0 saturated heterocycles. The molecule has 1 heterocycles. The fourth-order valence-electron chi connectivity index (χ4n) is 2.06. The second kappa shape index (κ2) is 6.83. The number of aromatic hydroxyl groups is 1. The van der Waals surface area contributed by atoms with E-state index in [1.807, 2.05) is 20.2 Å². The van der Waals surface area contributed by atoms with Gasteiger partial charge in [-0.3, -0.25) is 0 Å². The van der Waals surface area contributed by atoms with Gasteiger partial charge in [0.25, 0.3) is 0 Å². The summed E-state index contributed by atoms with van der Waals surface area (Å²) in [5.74, 6) is -0.210. The number of nitrogens with zero attached hydrogens (tertiary/aromatic N) is 1. The monoisotopic (exact) mass is 294 g/mol. The fourth-order valence-corrected chi connectivity index (χ4v) is 2.98. The molecule has 0 aliphatic carbocycles. The Morgan fingerprint density at radius 1 is 1.35 bits per heavy atom. The number of likely N-dealkylation sites (N-methyl/N-ethyl adjacent to an activating group) is 1. The Balaban J connectivity index is 1.95. The highest BCUT2D eigenvalue weighted by molar-refractivity contribution is 7.10. The zero-order valence-electron chi connectivity index (χ0n) is 11.6. The molecule has 2 N–H and O–H groups in total. The number of phenolic OH excluding ortho intramolecular Hbond substituents is 1. The van der Waals surface area contributed by atoms with Crippen LogP contribution in [0.3, 0.4) is 0 Å². The van der Waals surface area contributed by atoms with Gasteiger partial charge in [0.1, 0.15) is 11.6 Å². The molecule has 108 valence electrons. The van der Waals surface area contributed by atoms with Crippen LogP contribution in [0.4, 0.5) is 4.39 Å². The zero-order chi connectivity index (χ0) is 14.5. The van der Waals surface area contributed by atoms with Crippen molar-refractivity contribution in [1.29, 1.82) is 0 Å². The third kappa shape index (κ3) is 3.79. The average molecular weight is 294 g/mol. The first-order valence-electron chi connectivity index (χ1n) is 6.46. The molecule has 1 unspecified atom stereocenters. The van der Waals surface area contributed by atoms with Crippen LogP contribution in [0.5, 0.6) is 5.75 Å². The first-order valence-corrected chi connectivity index (χ1v) is 7.34. The Hall–Kier alpha value is -1.43. The number of thiophene rings is 1. The molecule has 2 aromatic rings. The van der Waals surface area contributed by atoms with E-state index in [1.165, 1.54) is 23.1 Å². The van der Waals surface area contributed by atoms with Gasteiger partial charge in [0.05, 0.1) is 6.04 Å². The highest BCUT2D eigenvalue weighted by Crippen LogP contribution is 2.23. The maximum atomic E-state index is 13.1. The third-order valence-electron chi connectivity index (χ3n) is 3.19. The SMILES string of the molecule is CN(C)C(CNCc1cc(F)ccc1O)c1cccs1. The van der Waals surface area contributed by atoms with Crippen LogP contribution in [-0.2, 0) is 6.54 Å². The topological polar surface area (TPSA) is 35.5 Å². The first kappa shape index (κ1) is 15.0. The lowest BCUT2D eigenvalue weighted by molar-refractivity contribution is 0.292. The normalized spacial score (nSPS) is 12.8. The van der Waals surface area contributed by atoms with Gasteiger partial charge in [0.2, 0.25) is 0 Å². The molecule has 5 heteroatoms. The molecule has 1 aromatic heterocycles. The van der Waals surface area contributed by atoms with Crippen LogP contribution < -0.4 is 5.32 Å². The quantitative estimate of drug-likeness (QED) is 0.860. The molecule has 1 aromatic carbocycles. The molecular formula is C15H19FN2OS. The van der Waals surface area contributed by atoms with Crippen molar-refractivity contribution in [2.24, 2.45) is 0 Å². The number of hydrogen-bond donors (Lipinski definition) is 2. The zero-order valence-corrected chi connectivity index (χ0v) is 12.5. The van der Waals surface area contributed by atoms with Gasteiger partial charge in [-0.25, -0.2) is 4.39 Å². The van der Waals surface area contributed by atoms with Gasteiger partial charge in [-0.15, -0.1) is 11.3 Å². The standard InChI is InChI=1S/C15H19FN2OS/c1-18(2)13(15-4-3-7-20-15)10-17-9-11-8-12(16)5-6-14(11)19/h3-8,13,17,19H,9-10H2,1-2H3. The van der Waals surface area contributed by atoms with E-state index in [9.17, 15) is 9.50 Å². The lowest BCUT2D eigenvalue weighted by atomic mass is 10.1. The van der Waals surface area contributed by atoms with E-state index in [0.29, 0.717) is 12.1 Å². The van der Waals surface area contributed by atoms with Crippen LogP contribution >= 0.6 is 11.3 Å². The largest absolute Gasteiger partial charge is 0.508 e. The minimum atomic E-state index is -0.331. The summed E-state index contributed by atoms with van der Waals surface area (Å²) in [6, 6.07) is 8.41. The molecule has 0 amide bonds. The Kier molecular flexibility index (Phi) is 5.11. The van der Waals surface area contributed by atoms with Crippen molar-refractivity contribution in [1.82, 2.24) is 10.2 Å². The van der Waals surface area contributed by atoms with Crippen LogP contribution in [0, 0.1) is 5.82 Å². The molecule has 3 nitrogen and oxygen atoms in total. The van der Waals surface area contributed by atoms with E-state index in [2.05, 4.69) is 21.7 Å². The average Bonchev–Trinajstić information content (AvgIpc) is 2.91. The summed E-state index contributed by atoms with van der Waals surface area (Å²) in [4.78, 5) is 3.43. The molecule has 1 atom stereocenters. The van der Waals surface area contributed by atoms with Gasteiger partial charge in [0.15, 0.2) is 0 Å². The molecule has 0 aliphatic heterocycles. The Labute approximate surface area is 122 Å². The van der Waals surface area contributed by atoms with Crippen molar-refractivity contribution in [3.8, 4) is 5.75 Å². The summed E-state index contributed by atoms with van der Waals surface area (Å²) in [5.41, 5.74) is 0.577. The van der Waals surface area contributed by atoms with E-state index < -0.39 is 0 Å². The summed E-state index contributed by atoms with van der Waals surface area (Å²) in [7, 11) is 4.07. The summed E-state index contributed by atoms with van der Waals surface area (Å²) in [6.45, 7) is 1.18. The number of rotatable bonds is 6. The number of hydrogen-bond acceptors (Lipinski definition) is 4. The summed E-state index contributed by atoms with van der Waals surface area (Å²) < 4.78 is 13.1. The number of nitrogens with one attached hydrogen (secondary N) is 1. The number of phenols is 1. The Morgan fingerprint density at radius 2 is 2.15 bits per heavy atom. The van der Waals surface area contributed by atoms with Gasteiger partial charge in [0, 0.05) is 23.5 Å². The van der Waals surface area contributed by atoms with Crippen LogP contribution in [0.2, 0.25) is 0 Å². The van der Waals surface area contributed by atoms with Gasteiger partial charge in [-0.2, -0.15) is 0 Å². The van der Waals surface area contributed by atoms with Crippen LogP contribution in [0.15, 0.2) is 35.7 Å². The van der Waals surface area contributed by atoms with Crippen molar-refractivity contribution >= 4 is 11.3 Å². The molecule has 0 radical (unpaired) electrons. The van der Waals surface area contributed by atoms with Crippen molar-refractivity contribution < 1.29 is 9.50 Å². The molecule has 0 spiro atoms. The summed E-state index contributed by atoms with van der Waals surface area (Å²) in [5, 5.41) is 15.0. The minimum absolute atomic E-state index is 0.122. The van der Waals surface area contributed by atoms with Gasteiger partial charge < -0.3 is 15.3 Å². The van der Waals surface area contributed by atoms with E-state index in [4.69, 9.17) is 0 Å². The predicted molar refractivity (Wildman–Crippen MR) is 80.5 cm³/mol. The highest BCUT2D eigenvalue weighted by Gasteiger charge is 2.14. The molecule has 2 rings (SSSR count). The highest BCUT2D eigenvalue weighted by atomic mass is 32.1. The summed E-state index contributed by atoms with van der Waals surface area (Å²) >= 11 is 1.72. The maximum Gasteiger partial charge on any atom is 0.123 e. The molecule has 0 bridgehead atoms. The Bertz CT molecular complexity index is 543. The van der Waals surface area contributed by atoms with E-state index in [0.717, 1.165) is 6.54 Å². The number of benzene rings is 1. The molecule has 0 aliphatic rings. The van der Waals surface area contributed by atoms with Crippen molar-refractivity contribution in [2.75, 3.05) is 20.6 Å².